The van der Waals surface area contributed by atoms with Crippen LogP contribution >= 0.6 is 0 Å². The Balaban J connectivity index is 1.34. The van der Waals surface area contributed by atoms with Crippen LogP contribution in [0.15, 0.2) is 200 Å². The van der Waals surface area contributed by atoms with E-state index in [0.29, 0.717) is 11.7 Å². The smallest absolute Gasteiger partial charge is 0.226 e. The summed E-state index contributed by atoms with van der Waals surface area (Å²) >= 11 is 0. The Morgan fingerprint density at radius 2 is 0.797 bits per heavy atom. The van der Waals surface area contributed by atoms with Crippen LogP contribution in [0.1, 0.15) is 30.5 Å². The lowest BCUT2D eigenvalue weighted by Gasteiger charge is -2.33. The first kappa shape index (κ1) is 36.0. The molecule has 0 bridgehead atoms. The van der Waals surface area contributed by atoms with Crippen molar-refractivity contribution in [2.45, 2.75) is 26.2 Å². The Bertz CT molecular complexity index is 2860. The highest BCUT2D eigenvalue weighted by Gasteiger charge is 2.36. The van der Waals surface area contributed by atoms with Gasteiger partial charge in [0.2, 0.25) is 5.88 Å². The summed E-state index contributed by atoms with van der Waals surface area (Å²) in [7, 11) is 0. The molecule has 59 heavy (non-hydrogen) atoms. The van der Waals surface area contributed by atoms with Crippen LogP contribution in [-0.4, -0.2) is 9.97 Å². The number of rotatable bonds is 7. The molecule has 10 rings (SSSR count). The molecular weight excluding hydrogens is 717 g/mol. The third-order valence-electron chi connectivity index (χ3n) is 11.8. The molecule has 0 spiro atoms. The van der Waals surface area contributed by atoms with Crippen molar-refractivity contribution in [3.63, 3.8) is 0 Å². The van der Waals surface area contributed by atoms with Gasteiger partial charge < -0.3 is 4.74 Å². The first-order chi connectivity index (χ1) is 29.0. The highest BCUT2D eigenvalue weighted by Crippen LogP contribution is 2.56. The fourth-order valence-electron chi connectivity index (χ4n) is 8.85. The third-order valence-corrected chi connectivity index (χ3v) is 11.8. The summed E-state index contributed by atoms with van der Waals surface area (Å²) in [6.07, 6.45) is 1.96. The van der Waals surface area contributed by atoms with E-state index >= 15 is 0 Å². The van der Waals surface area contributed by atoms with Crippen LogP contribution in [0.25, 0.3) is 78.1 Å². The fraction of sp³-hybridized carbons (Fsp3) is 0.0714. The topological polar surface area (TPSA) is 35.0 Å². The predicted octanol–water partition coefficient (Wildman–Crippen LogP) is 14.9. The van der Waals surface area contributed by atoms with Crippen LogP contribution in [0.4, 0.5) is 0 Å². The SMILES string of the molecule is Cc1ccc(-c2c(-c3ccccc3)c(-c3ccccc3)c(-c3ccccc3)c(-c3ccccc3)c2-c2ccccc2)cc1-c1ncc2c(n1)Oc1ccccc1C2(C)C. The molecule has 1 aliphatic heterocycles. The van der Waals surface area contributed by atoms with E-state index < -0.39 is 0 Å². The minimum Gasteiger partial charge on any atom is -0.438 e. The lowest BCUT2D eigenvalue weighted by molar-refractivity contribution is 0.400. The highest BCUT2D eigenvalue weighted by atomic mass is 16.5. The summed E-state index contributed by atoms with van der Waals surface area (Å²) in [5.74, 6) is 2.07. The van der Waals surface area contributed by atoms with Gasteiger partial charge in [-0.2, -0.15) is 4.98 Å². The van der Waals surface area contributed by atoms with Gasteiger partial charge in [0.15, 0.2) is 5.82 Å². The van der Waals surface area contributed by atoms with Gasteiger partial charge in [-0.25, -0.2) is 4.98 Å². The maximum absolute atomic E-state index is 6.52. The van der Waals surface area contributed by atoms with Gasteiger partial charge in [0.05, 0.1) is 0 Å². The van der Waals surface area contributed by atoms with E-state index in [-0.39, 0.29) is 5.41 Å². The molecule has 3 heteroatoms. The Labute approximate surface area is 346 Å². The van der Waals surface area contributed by atoms with Gasteiger partial charge in [0, 0.05) is 28.3 Å². The minimum atomic E-state index is -0.309. The van der Waals surface area contributed by atoms with Crippen LogP contribution < -0.4 is 4.74 Å². The molecule has 0 saturated heterocycles. The van der Waals surface area contributed by atoms with Crippen molar-refractivity contribution >= 4 is 0 Å². The van der Waals surface area contributed by atoms with Gasteiger partial charge in [-0.3, -0.25) is 0 Å². The largest absolute Gasteiger partial charge is 0.438 e. The number of hydrogen-bond acceptors (Lipinski definition) is 3. The van der Waals surface area contributed by atoms with Gasteiger partial charge in [0.1, 0.15) is 5.75 Å². The first-order valence-electron chi connectivity index (χ1n) is 20.2. The van der Waals surface area contributed by atoms with E-state index in [9.17, 15) is 0 Å². The van der Waals surface area contributed by atoms with Crippen LogP contribution in [-0.2, 0) is 5.41 Å². The standard InChI is InChI=1S/C56H42N2O/c1-37-33-34-43(35-44(37)54-57-36-46-55(58-54)59-47-32-20-19-31-45(47)56(46,2)3)53-51(41-27-15-7-16-28-41)49(39-23-11-5-12-24-39)48(38-21-9-4-10-22-38)50(40-25-13-6-14-26-40)52(53)42-29-17-8-18-30-42/h4-36H,1-3H3. The molecule has 0 radical (unpaired) electrons. The lowest BCUT2D eigenvalue weighted by atomic mass is 9.74. The average Bonchev–Trinajstić information content (AvgIpc) is 3.29. The van der Waals surface area contributed by atoms with Gasteiger partial charge in [-0.15, -0.1) is 0 Å². The zero-order valence-corrected chi connectivity index (χ0v) is 33.4. The summed E-state index contributed by atoms with van der Waals surface area (Å²) in [4.78, 5) is 10.3. The maximum Gasteiger partial charge on any atom is 0.226 e. The molecule has 0 N–H and O–H groups in total. The zero-order chi connectivity index (χ0) is 39.9. The van der Waals surface area contributed by atoms with Crippen LogP contribution in [0.5, 0.6) is 11.6 Å². The molecule has 9 aromatic rings. The molecule has 1 aliphatic rings. The fourth-order valence-corrected chi connectivity index (χ4v) is 8.85. The summed E-state index contributed by atoms with van der Waals surface area (Å²) in [5, 5.41) is 0. The van der Waals surface area contributed by atoms with Crippen molar-refractivity contribution in [3.05, 3.63) is 217 Å². The average molecular weight is 759 g/mol. The normalized spacial score (nSPS) is 12.6. The zero-order valence-electron chi connectivity index (χ0n) is 33.4. The molecule has 1 aromatic heterocycles. The van der Waals surface area contributed by atoms with E-state index in [0.717, 1.165) is 78.1 Å². The van der Waals surface area contributed by atoms with Crippen molar-refractivity contribution < 1.29 is 4.74 Å². The summed E-state index contributed by atoms with van der Waals surface area (Å²) in [6.45, 7) is 6.57. The Morgan fingerprint density at radius 1 is 0.407 bits per heavy atom. The van der Waals surface area contributed by atoms with Crippen molar-refractivity contribution in [2.24, 2.45) is 0 Å². The van der Waals surface area contributed by atoms with E-state index in [4.69, 9.17) is 14.7 Å². The molecule has 2 heterocycles. The molecule has 282 valence electrons. The maximum atomic E-state index is 6.52. The first-order valence-corrected chi connectivity index (χ1v) is 20.2. The monoisotopic (exact) mass is 758 g/mol. The van der Waals surface area contributed by atoms with Crippen molar-refractivity contribution in [3.8, 4) is 89.8 Å². The predicted molar refractivity (Wildman–Crippen MR) is 243 cm³/mol. The molecule has 0 atom stereocenters. The highest BCUT2D eigenvalue weighted by molar-refractivity contribution is 6.15. The van der Waals surface area contributed by atoms with Crippen molar-refractivity contribution in [2.75, 3.05) is 0 Å². The summed E-state index contributed by atoms with van der Waals surface area (Å²) < 4.78 is 6.52. The summed E-state index contributed by atoms with van der Waals surface area (Å²) in [6, 6.07) is 69.4. The number of hydrogen-bond donors (Lipinski definition) is 0. The molecular formula is C56H42N2O. The number of nitrogens with zero attached hydrogens (tertiary/aromatic N) is 2. The minimum absolute atomic E-state index is 0.309. The number of aromatic nitrogens is 2. The number of ether oxygens (including phenoxy) is 1. The number of fused-ring (bicyclic) bond motifs is 2. The van der Waals surface area contributed by atoms with Gasteiger partial charge >= 0.3 is 0 Å². The second kappa shape index (κ2) is 14.9. The summed E-state index contributed by atoms with van der Waals surface area (Å²) in [5.41, 5.74) is 17.7. The van der Waals surface area contributed by atoms with Crippen LogP contribution in [0.2, 0.25) is 0 Å². The Kier molecular flexibility index (Phi) is 9.07. The van der Waals surface area contributed by atoms with E-state index in [1.165, 1.54) is 16.7 Å². The van der Waals surface area contributed by atoms with E-state index in [2.05, 4.69) is 203 Å². The number of para-hydroxylation sites is 1. The number of benzene rings is 8. The van der Waals surface area contributed by atoms with Crippen LogP contribution in [0.3, 0.4) is 0 Å². The van der Waals surface area contributed by atoms with E-state index in [1.54, 1.807) is 0 Å². The van der Waals surface area contributed by atoms with Crippen LogP contribution in [0, 0.1) is 6.92 Å². The Hall–Kier alpha value is -7.36. The van der Waals surface area contributed by atoms with Gasteiger partial charge in [-0.05, 0) is 91.4 Å². The van der Waals surface area contributed by atoms with Crippen molar-refractivity contribution in [1.29, 1.82) is 0 Å². The molecule has 3 nitrogen and oxygen atoms in total. The second-order valence-electron chi connectivity index (χ2n) is 15.7. The molecule has 0 unspecified atom stereocenters. The molecule has 0 fully saturated rings. The molecule has 0 aliphatic carbocycles. The van der Waals surface area contributed by atoms with Gasteiger partial charge in [0.25, 0.3) is 0 Å². The quantitative estimate of drug-likeness (QED) is 0.162. The molecule has 8 aromatic carbocycles. The second-order valence-corrected chi connectivity index (χ2v) is 15.7. The van der Waals surface area contributed by atoms with E-state index in [1.807, 2.05) is 18.3 Å². The molecule has 0 saturated carbocycles. The molecule has 0 amide bonds. The van der Waals surface area contributed by atoms with Crippen molar-refractivity contribution in [1.82, 2.24) is 9.97 Å². The third kappa shape index (κ3) is 6.32. The number of aryl methyl sites for hydroxylation is 1. The Morgan fingerprint density at radius 3 is 1.24 bits per heavy atom. The lowest BCUT2D eigenvalue weighted by Crippen LogP contribution is -2.25. The van der Waals surface area contributed by atoms with Gasteiger partial charge in [-0.1, -0.05) is 196 Å².